The molecule has 0 fully saturated rings. The minimum absolute atomic E-state index is 0.152. The lowest BCUT2D eigenvalue weighted by Gasteiger charge is -2.21. The van der Waals surface area contributed by atoms with Crippen molar-refractivity contribution in [2.45, 2.75) is 25.0 Å². The summed E-state index contributed by atoms with van der Waals surface area (Å²) in [5.74, 6) is -1.14. The summed E-state index contributed by atoms with van der Waals surface area (Å²) in [5.41, 5.74) is 5.87. The van der Waals surface area contributed by atoms with E-state index in [1.807, 2.05) is 109 Å². The number of fused-ring (bicyclic) bond motifs is 4. The summed E-state index contributed by atoms with van der Waals surface area (Å²) in [5, 5.41) is 5.28. The van der Waals surface area contributed by atoms with E-state index in [1.165, 1.54) is 0 Å². The molecule has 0 radical (unpaired) electrons. The van der Waals surface area contributed by atoms with Gasteiger partial charge in [0.2, 0.25) is 5.91 Å². The lowest BCUT2D eigenvalue weighted by molar-refractivity contribution is -0.149. The van der Waals surface area contributed by atoms with Gasteiger partial charge in [-0.05, 0) is 44.2 Å². The van der Waals surface area contributed by atoms with Gasteiger partial charge < -0.3 is 10.1 Å². The lowest BCUT2D eigenvalue weighted by atomic mass is 9.95. The zero-order valence-electron chi connectivity index (χ0n) is 20.8. The van der Waals surface area contributed by atoms with Gasteiger partial charge in [0.15, 0.2) is 0 Å². The molecule has 1 amide bonds. The number of benzene rings is 5. The van der Waals surface area contributed by atoms with Gasteiger partial charge in [0.25, 0.3) is 0 Å². The first-order valence-electron chi connectivity index (χ1n) is 12.8. The summed E-state index contributed by atoms with van der Waals surface area (Å²) < 4.78 is 5.70. The molecule has 4 heteroatoms. The number of amides is 1. The Labute approximate surface area is 221 Å². The molecule has 38 heavy (non-hydrogen) atoms. The lowest BCUT2D eigenvalue weighted by Crippen LogP contribution is -2.45. The number of hydrogen-bond donors (Lipinski definition) is 1. The molecule has 0 saturated carbocycles. The molecule has 186 valence electrons. The topological polar surface area (TPSA) is 55.4 Å². The van der Waals surface area contributed by atoms with Crippen LogP contribution in [0.5, 0.6) is 0 Å². The van der Waals surface area contributed by atoms with Crippen molar-refractivity contribution in [3.05, 3.63) is 144 Å². The maximum absolute atomic E-state index is 13.8. The predicted octanol–water partition coefficient (Wildman–Crippen LogP) is 6.42. The van der Waals surface area contributed by atoms with Gasteiger partial charge in [0.1, 0.15) is 12.6 Å². The SMILES string of the molecule is O=C(N[C@H](Cc1ccc2ccccc2c1)C(=O)OCc1ccccc1)C1c2ccccc2-c2ccccc21. The Morgan fingerprint density at radius 3 is 1.97 bits per heavy atom. The third-order valence-electron chi connectivity index (χ3n) is 7.17. The molecule has 5 aromatic rings. The molecule has 0 spiro atoms. The van der Waals surface area contributed by atoms with Crippen molar-refractivity contribution in [1.29, 1.82) is 0 Å². The van der Waals surface area contributed by atoms with Crippen molar-refractivity contribution >= 4 is 22.6 Å². The number of carbonyl (C=O) groups excluding carboxylic acids is 2. The normalized spacial score (nSPS) is 12.9. The second-order valence-corrected chi connectivity index (χ2v) is 9.65. The number of rotatable bonds is 7. The Hall–Kier alpha value is -4.70. The van der Waals surface area contributed by atoms with Crippen LogP contribution in [0, 0.1) is 0 Å². The van der Waals surface area contributed by atoms with E-state index in [-0.39, 0.29) is 12.5 Å². The van der Waals surface area contributed by atoms with Gasteiger partial charge in [0, 0.05) is 6.42 Å². The highest BCUT2D eigenvalue weighted by atomic mass is 16.5. The van der Waals surface area contributed by atoms with Crippen LogP contribution in [0.3, 0.4) is 0 Å². The van der Waals surface area contributed by atoms with Crippen LogP contribution in [0.1, 0.15) is 28.2 Å². The van der Waals surface area contributed by atoms with E-state index in [1.54, 1.807) is 0 Å². The summed E-state index contributed by atoms with van der Waals surface area (Å²) in [4.78, 5) is 27.2. The van der Waals surface area contributed by atoms with E-state index in [4.69, 9.17) is 4.74 Å². The summed E-state index contributed by atoms with van der Waals surface area (Å²) >= 11 is 0. The fraction of sp³-hybridized carbons (Fsp3) is 0.118. The van der Waals surface area contributed by atoms with Crippen LogP contribution in [-0.4, -0.2) is 17.9 Å². The number of nitrogens with one attached hydrogen (secondary N) is 1. The van der Waals surface area contributed by atoms with Crippen molar-refractivity contribution in [1.82, 2.24) is 5.32 Å². The van der Waals surface area contributed by atoms with E-state index < -0.39 is 17.9 Å². The van der Waals surface area contributed by atoms with Crippen LogP contribution in [0.2, 0.25) is 0 Å². The fourth-order valence-electron chi connectivity index (χ4n) is 5.32. The molecule has 0 heterocycles. The van der Waals surface area contributed by atoms with Crippen molar-refractivity contribution in [3.8, 4) is 11.1 Å². The van der Waals surface area contributed by atoms with Crippen LogP contribution in [0.15, 0.2) is 121 Å². The van der Waals surface area contributed by atoms with E-state index in [0.29, 0.717) is 6.42 Å². The second-order valence-electron chi connectivity index (χ2n) is 9.65. The van der Waals surface area contributed by atoms with Crippen LogP contribution >= 0.6 is 0 Å². The van der Waals surface area contributed by atoms with Gasteiger partial charge >= 0.3 is 5.97 Å². The van der Waals surface area contributed by atoms with Gasteiger partial charge in [-0.25, -0.2) is 4.79 Å². The summed E-state index contributed by atoms with van der Waals surface area (Å²) in [6, 6.07) is 38.9. The largest absolute Gasteiger partial charge is 0.459 e. The smallest absolute Gasteiger partial charge is 0.329 e. The van der Waals surface area contributed by atoms with Crippen molar-refractivity contribution < 1.29 is 14.3 Å². The maximum atomic E-state index is 13.8. The summed E-state index contributed by atoms with van der Waals surface area (Å²) in [6.07, 6.45) is 0.334. The molecule has 0 aromatic heterocycles. The molecule has 1 aliphatic carbocycles. The van der Waals surface area contributed by atoms with Gasteiger partial charge in [-0.2, -0.15) is 0 Å². The van der Waals surface area contributed by atoms with Gasteiger partial charge in [-0.15, -0.1) is 0 Å². The third-order valence-corrected chi connectivity index (χ3v) is 7.17. The van der Waals surface area contributed by atoms with Crippen LogP contribution in [0.4, 0.5) is 0 Å². The Bertz CT molecular complexity index is 1580. The maximum Gasteiger partial charge on any atom is 0.329 e. The predicted molar refractivity (Wildman–Crippen MR) is 150 cm³/mol. The fourth-order valence-corrected chi connectivity index (χ4v) is 5.32. The monoisotopic (exact) mass is 497 g/mol. The van der Waals surface area contributed by atoms with E-state index in [0.717, 1.165) is 44.2 Å². The molecular weight excluding hydrogens is 470 g/mol. The molecule has 1 N–H and O–H groups in total. The van der Waals surface area contributed by atoms with Crippen molar-refractivity contribution in [2.75, 3.05) is 0 Å². The van der Waals surface area contributed by atoms with Crippen molar-refractivity contribution in [2.24, 2.45) is 0 Å². The minimum Gasteiger partial charge on any atom is -0.459 e. The molecule has 1 aliphatic rings. The molecule has 0 saturated heterocycles. The quantitative estimate of drug-likeness (QED) is 0.264. The molecule has 5 aromatic carbocycles. The number of carbonyl (C=O) groups is 2. The highest BCUT2D eigenvalue weighted by Gasteiger charge is 2.35. The molecule has 4 nitrogen and oxygen atoms in total. The minimum atomic E-state index is -0.827. The Kier molecular flexibility index (Phi) is 6.45. The van der Waals surface area contributed by atoms with Gasteiger partial charge in [-0.1, -0.05) is 121 Å². The molecule has 0 bridgehead atoms. The number of hydrogen-bond acceptors (Lipinski definition) is 3. The highest BCUT2D eigenvalue weighted by Crippen LogP contribution is 2.44. The summed E-state index contributed by atoms with van der Waals surface area (Å²) in [6.45, 7) is 0.152. The summed E-state index contributed by atoms with van der Waals surface area (Å²) in [7, 11) is 0. The van der Waals surface area contributed by atoms with Crippen LogP contribution in [-0.2, 0) is 27.4 Å². The zero-order valence-corrected chi connectivity index (χ0v) is 20.8. The average Bonchev–Trinajstić information content (AvgIpc) is 3.30. The van der Waals surface area contributed by atoms with E-state index in [2.05, 4.69) is 17.4 Å². The van der Waals surface area contributed by atoms with Crippen LogP contribution < -0.4 is 5.32 Å². The molecule has 6 rings (SSSR count). The Balaban J connectivity index is 1.29. The van der Waals surface area contributed by atoms with Crippen LogP contribution in [0.25, 0.3) is 21.9 Å². The molecule has 0 unspecified atom stereocenters. The van der Waals surface area contributed by atoms with Gasteiger partial charge in [-0.3, -0.25) is 4.79 Å². The Morgan fingerprint density at radius 2 is 1.26 bits per heavy atom. The molecule has 1 atom stereocenters. The zero-order chi connectivity index (χ0) is 25.9. The number of esters is 1. The number of ether oxygens (including phenoxy) is 1. The first kappa shape index (κ1) is 23.7. The van der Waals surface area contributed by atoms with Crippen molar-refractivity contribution in [3.63, 3.8) is 0 Å². The first-order chi connectivity index (χ1) is 18.7. The average molecular weight is 498 g/mol. The van der Waals surface area contributed by atoms with Gasteiger partial charge in [0.05, 0.1) is 5.92 Å². The highest BCUT2D eigenvalue weighted by molar-refractivity contribution is 5.98. The first-order valence-corrected chi connectivity index (χ1v) is 12.8. The third kappa shape index (κ3) is 4.69. The Morgan fingerprint density at radius 1 is 0.658 bits per heavy atom. The molecule has 0 aliphatic heterocycles. The standard InChI is InChI=1S/C34H27NO3/c36-33(32-29-16-8-6-14-27(29)28-15-7-9-17-30(28)32)35-31(34(37)38-22-23-10-2-1-3-11-23)21-24-18-19-25-12-4-5-13-26(25)20-24/h1-20,31-32H,21-22H2,(H,35,36)/t31-/m1/s1. The molecular formula is C34H27NO3. The second kappa shape index (κ2) is 10.3. The van der Waals surface area contributed by atoms with E-state index in [9.17, 15) is 9.59 Å². The van der Waals surface area contributed by atoms with E-state index >= 15 is 0 Å².